The van der Waals surface area contributed by atoms with Crippen LogP contribution in [0.15, 0.2) is 77.7 Å². The minimum atomic E-state index is -0.123. The Morgan fingerprint density at radius 2 is 1.63 bits per heavy atom. The van der Waals surface area contributed by atoms with Gasteiger partial charge in [0, 0.05) is 53.6 Å². The lowest BCUT2D eigenvalue weighted by molar-refractivity contribution is 0.859. The minimum absolute atomic E-state index is 0.123. The summed E-state index contributed by atoms with van der Waals surface area (Å²) >= 11 is 2.00. The molecule has 5 rings (SSSR count). The van der Waals surface area contributed by atoms with Crippen molar-refractivity contribution in [3.8, 4) is 5.69 Å². The van der Waals surface area contributed by atoms with E-state index in [0.29, 0.717) is 11.6 Å². The zero-order chi connectivity index (χ0) is 20.3. The lowest BCUT2D eigenvalue weighted by atomic mass is 10.2. The summed E-state index contributed by atoms with van der Waals surface area (Å²) in [5.41, 5.74) is 3.38. The lowest BCUT2D eigenvalue weighted by Gasteiger charge is -2.28. The lowest BCUT2D eigenvalue weighted by Crippen LogP contribution is -2.32. The fraction of sp³-hybridized carbons (Fsp3) is 0.174. The van der Waals surface area contributed by atoms with E-state index in [-0.39, 0.29) is 5.56 Å². The van der Waals surface area contributed by atoms with Crippen LogP contribution in [0.5, 0.6) is 0 Å². The second-order valence-electron chi connectivity index (χ2n) is 7.09. The molecule has 1 saturated heterocycles. The molecule has 1 fully saturated rings. The minimum Gasteiger partial charge on any atom is -0.370 e. The van der Waals surface area contributed by atoms with Gasteiger partial charge >= 0.3 is 0 Å². The molecular weight excluding hydrogens is 394 g/mol. The van der Waals surface area contributed by atoms with E-state index in [1.54, 1.807) is 22.9 Å². The first kappa shape index (κ1) is 18.7. The molecule has 1 N–H and O–H groups in total. The molecule has 0 bridgehead atoms. The summed E-state index contributed by atoms with van der Waals surface area (Å²) < 4.78 is 1.61. The van der Waals surface area contributed by atoms with Crippen molar-refractivity contribution in [3.63, 3.8) is 0 Å². The van der Waals surface area contributed by atoms with Crippen molar-refractivity contribution in [2.75, 3.05) is 34.8 Å². The van der Waals surface area contributed by atoms with Crippen molar-refractivity contribution < 1.29 is 0 Å². The molecule has 3 heterocycles. The Morgan fingerprint density at radius 1 is 0.867 bits per heavy atom. The molecule has 0 radical (unpaired) electrons. The number of nitrogens with one attached hydrogen (secondary N) is 1. The Hall–Kier alpha value is -3.32. The highest BCUT2D eigenvalue weighted by Crippen LogP contribution is 2.23. The Morgan fingerprint density at radius 3 is 2.40 bits per heavy atom. The molecule has 1 aliphatic rings. The number of benzene rings is 2. The summed E-state index contributed by atoms with van der Waals surface area (Å²) in [6, 6.07) is 21.2. The van der Waals surface area contributed by atoms with Crippen LogP contribution in [0, 0.1) is 0 Å². The first-order valence-corrected chi connectivity index (χ1v) is 11.1. The average Bonchev–Trinajstić information content (AvgIpc) is 2.80. The molecule has 0 unspecified atom stereocenters. The number of hydrogen-bond donors (Lipinski definition) is 1. The normalized spacial score (nSPS) is 14.1. The van der Waals surface area contributed by atoms with Crippen molar-refractivity contribution in [1.29, 1.82) is 0 Å². The predicted octanol–water partition coefficient (Wildman–Crippen LogP) is 4.08. The first-order valence-electron chi connectivity index (χ1n) is 9.92. The van der Waals surface area contributed by atoms with Crippen LogP contribution in [0.3, 0.4) is 0 Å². The van der Waals surface area contributed by atoms with E-state index < -0.39 is 0 Å². The average molecular weight is 416 g/mol. The number of fused-ring (bicyclic) bond motifs is 1. The van der Waals surface area contributed by atoms with Gasteiger partial charge < -0.3 is 10.2 Å². The van der Waals surface area contributed by atoms with E-state index in [9.17, 15) is 4.79 Å². The number of thioether (sulfide) groups is 1. The highest BCUT2D eigenvalue weighted by Gasteiger charge is 2.12. The molecule has 30 heavy (non-hydrogen) atoms. The SMILES string of the molecule is O=c1ccc2cnc(Nc3ccc(N4CCSCC4)cc3)nc2n1-c1ccccc1. The van der Waals surface area contributed by atoms with E-state index in [1.807, 2.05) is 54.2 Å². The number of aromatic nitrogens is 3. The van der Waals surface area contributed by atoms with Crippen molar-refractivity contribution in [1.82, 2.24) is 14.5 Å². The summed E-state index contributed by atoms with van der Waals surface area (Å²) in [6.07, 6.45) is 1.74. The van der Waals surface area contributed by atoms with Gasteiger partial charge in [-0.05, 0) is 42.5 Å². The Labute approximate surface area is 178 Å². The van der Waals surface area contributed by atoms with Crippen LogP contribution in [0.1, 0.15) is 0 Å². The molecule has 2 aromatic heterocycles. The summed E-state index contributed by atoms with van der Waals surface area (Å²) in [5, 5.41) is 4.07. The number of pyridine rings is 1. The van der Waals surface area contributed by atoms with Crippen molar-refractivity contribution in [3.05, 3.63) is 83.3 Å². The van der Waals surface area contributed by atoms with Crippen molar-refractivity contribution in [2.45, 2.75) is 0 Å². The maximum atomic E-state index is 12.6. The van der Waals surface area contributed by atoms with Gasteiger partial charge in [0.05, 0.1) is 5.69 Å². The van der Waals surface area contributed by atoms with E-state index in [2.05, 4.69) is 32.3 Å². The molecule has 0 spiro atoms. The standard InChI is InChI=1S/C23H21N5OS/c29-21-11-6-17-16-24-23(26-22(17)28(21)20-4-2-1-3-5-20)25-18-7-9-19(10-8-18)27-12-14-30-15-13-27/h1-11,16H,12-15H2,(H,24,25,26). The summed E-state index contributed by atoms with van der Waals surface area (Å²) in [6.45, 7) is 2.17. The molecule has 0 aliphatic carbocycles. The van der Waals surface area contributed by atoms with E-state index in [4.69, 9.17) is 0 Å². The van der Waals surface area contributed by atoms with Crippen LogP contribution in [-0.2, 0) is 0 Å². The second kappa shape index (κ2) is 8.20. The maximum Gasteiger partial charge on any atom is 0.256 e. The van der Waals surface area contributed by atoms with Crippen LogP contribution in [0.2, 0.25) is 0 Å². The van der Waals surface area contributed by atoms with Gasteiger partial charge in [-0.25, -0.2) is 4.98 Å². The summed E-state index contributed by atoms with van der Waals surface area (Å²) in [7, 11) is 0. The number of para-hydroxylation sites is 1. The molecule has 4 aromatic rings. The molecule has 2 aromatic carbocycles. The van der Waals surface area contributed by atoms with Crippen LogP contribution in [0.25, 0.3) is 16.7 Å². The quantitative estimate of drug-likeness (QED) is 0.542. The van der Waals surface area contributed by atoms with Gasteiger partial charge in [0.2, 0.25) is 5.95 Å². The molecule has 6 nitrogen and oxygen atoms in total. The molecule has 150 valence electrons. The smallest absolute Gasteiger partial charge is 0.256 e. The maximum absolute atomic E-state index is 12.6. The fourth-order valence-electron chi connectivity index (χ4n) is 3.61. The summed E-state index contributed by atoms with van der Waals surface area (Å²) in [5.74, 6) is 2.81. The fourth-order valence-corrected chi connectivity index (χ4v) is 4.51. The Kier molecular flexibility index (Phi) is 5.11. The highest BCUT2D eigenvalue weighted by atomic mass is 32.2. The third-order valence-electron chi connectivity index (χ3n) is 5.15. The van der Waals surface area contributed by atoms with Gasteiger partial charge in [0.1, 0.15) is 0 Å². The second-order valence-corrected chi connectivity index (χ2v) is 8.31. The Balaban J connectivity index is 1.46. The van der Waals surface area contributed by atoms with Gasteiger partial charge in [-0.15, -0.1) is 0 Å². The number of hydrogen-bond acceptors (Lipinski definition) is 6. The van der Waals surface area contributed by atoms with Crippen LogP contribution >= 0.6 is 11.8 Å². The van der Waals surface area contributed by atoms with Crippen LogP contribution in [0.4, 0.5) is 17.3 Å². The molecule has 0 atom stereocenters. The van der Waals surface area contributed by atoms with Gasteiger partial charge in [0.25, 0.3) is 5.56 Å². The molecule has 7 heteroatoms. The number of rotatable bonds is 4. The topological polar surface area (TPSA) is 63.1 Å². The van der Waals surface area contributed by atoms with E-state index >= 15 is 0 Å². The van der Waals surface area contributed by atoms with Crippen LogP contribution in [-0.4, -0.2) is 39.1 Å². The highest BCUT2D eigenvalue weighted by molar-refractivity contribution is 7.99. The van der Waals surface area contributed by atoms with E-state index in [0.717, 1.165) is 29.9 Å². The zero-order valence-corrected chi connectivity index (χ0v) is 17.2. The first-order chi connectivity index (χ1) is 14.8. The predicted molar refractivity (Wildman–Crippen MR) is 124 cm³/mol. The third kappa shape index (κ3) is 3.76. The molecular formula is C23H21N5OS. The van der Waals surface area contributed by atoms with Gasteiger partial charge in [0.15, 0.2) is 5.65 Å². The molecule has 1 aliphatic heterocycles. The number of nitrogens with zero attached hydrogens (tertiary/aromatic N) is 4. The van der Waals surface area contributed by atoms with Gasteiger partial charge in [-0.1, -0.05) is 18.2 Å². The monoisotopic (exact) mass is 415 g/mol. The van der Waals surface area contributed by atoms with Crippen molar-refractivity contribution >= 4 is 40.1 Å². The zero-order valence-electron chi connectivity index (χ0n) is 16.4. The largest absolute Gasteiger partial charge is 0.370 e. The van der Waals surface area contributed by atoms with Crippen LogP contribution < -0.4 is 15.8 Å². The van der Waals surface area contributed by atoms with E-state index in [1.165, 1.54) is 17.2 Å². The summed E-state index contributed by atoms with van der Waals surface area (Å²) in [4.78, 5) is 24.1. The molecule has 0 saturated carbocycles. The van der Waals surface area contributed by atoms with Gasteiger partial charge in [-0.2, -0.15) is 16.7 Å². The van der Waals surface area contributed by atoms with Crippen molar-refractivity contribution in [2.24, 2.45) is 0 Å². The third-order valence-corrected chi connectivity index (χ3v) is 6.09. The number of anilines is 3. The van der Waals surface area contributed by atoms with Gasteiger partial charge in [-0.3, -0.25) is 9.36 Å². The molecule has 0 amide bonds. The Bertz CT molecular complexity index is 1220.